The van der Waals surface area contributed by atoms with E-state index in [9.17, 15) is 14.9 Å². The van der Waals surface area contributed by atoms with E-state index in [0.717, 1.165) is 22.5 Å². The molecule has 1 heterocycles. The van der Waals surface area contributed by atoms with Gasteiger partial charge in [-0.2, -0.15) is 5.26 Å². The Balaban J connectivity index is 1.88. The van der Waals surface area contributed by atoms with Crippen LogP contribution in [0.5, 0.6) is 11.5 Å². The average Bonchev–Trinajstić information content (AvgIpc) is 3.25. The van der Waals surface area contributed by atoms with Gasteiger partial charge < -0.3 is 14.8 Å². The van der Waals surface area contributed by atoms with E-state index in [0.29, 0.717) is 28.3 Å². The van der Waals surface area contributed by atoms with Crippen molar-refractivity contribution in [3.8, 4) is 23.3 Å². The number of nitrogens with one attached hydrogen (secondary N) is 1. The van der Waals surface area contributed by atoms with Gasteiger partial charge in [-0.3, -0.25) is 14.2 Å². The Labute approximate surface area is 224 Å². The molecule has 38 heavy (non-hydrogen) atoms. The maximum absolute atomic E-state index is 13.6. The lowest BCUT2D eigenvalue weighted by Gasteiger charge is -2.13. The second kappa shape index (κ2) is 12.1. The van der Waals surface area contributed by atoms with Crippen molar-refractivity contribution in [2.75, 3.05) is 13.7 Å². The number of benzene rings is 3. The van der Waals surface area contributed by atoms with Crippen LogP contribution in [0.15, 0.2) is 83.7 Å². The highest BCUT2D eigenvalue weighted by Crippen LogP contribution is 2.28. The summed E-state index contributed by atoms with van der Waals surface area (Å²) in [7, 11) is 1.55. The quantitative estimate of drug-likeness (QED) is 0.379. The number of thiazole rings is 1. The largest absolute Gasteiger partial charge is 0.493 e. The second-order valence-electron chi connectivity index (χ2n) is 8.33. The topological polar surface area (TPSA) is 93.4 Å². The molecule has 0 aliphatic heterocycles. The molecule has 0 fully saturated rings. The van der Waals surface area contributed by atoms with Crippen LogP contribution < -0.4 is 29.5 Å². The smallest absolute Gasteiger partial charge is 0.273 e. The maximum atomic E-state index is 13.6. The first-order valence-corrected chi connectivity index (χ1v) is 12.9. The SMILES string of the molecule is CCOc1ccc(/C=c2/s/c(=C(\C#N)C(=O)N[C@@H](C)c3ccccc3)n(-c3ccccc3)c2=O)cc1OC. The van der Waals surface area contributed by atoms with Crippen molar-refractivity contribution < 1.29 is 14.3 Å². The number of nitrogens with zero attached hydrogens (tertiary/aromatic N) is 2. The van der Waals surface area contributed by atoms with E-state index in [-0.39, 0.29) is 21.8 Å². The number of amides is 1. The molecule has 0 radical (unpaired) electrons. The zero-order chi connectivity index (χ0) is 27.1. The highest BCUT2D eigenvalue weighted by molar-refractivity contribution is 7.07. The van der Waals surface area contributed by atoms with Gasteiger partial charge in [-0.1, -0.05) is 54.6 Å². The van der Waals surface area contributed by atoms with E-state index >= 15 is 0 Å². The second-order valence-corrected chi connectivity index (χ2v) is 9.36. The van der Waals surface area contributed by atoms with Crippen molar-refractivity contribution in [2.45, 2.75) is 19.9 Å². The summed E-state index contributed by atoms with van der Waals surface area (Å²) in [6.45, 7) is 4.23. The molecular formula is C30H27N3O4S. The minimum Gasteiger partial charge on any atom is -0.493 e. The maximum Gasteiger partial charge on any atom is 0.273 e. The predicted molar refractivity (Wildman–Crippen MR) is 149 cm³/mol. The van der Waals surface area contributed by atoms with Crippen molar-refractivity contribution in [3.05, 3.63) is 110 Å². The Hall–Kier alpha value is -4.61. The van der Waals surface area contributed by atoms with Gasteiger partial charge in [0.15, 0.2) is 17.1 Å². The number of ether oxygens (including phenoxy) is 2. The monoisotopic (exact) mass is 525 g/mol. The van der Waals surface area contributed by atoms with E-state index in [1.54, 1.807) is 49.6 Å². The number of methoxy groups -OCH3 is 1. The first-order chi connectivity index (χ1) is 18.5. The van der Waals surface area contributed by atoms with Crippen LogP contribution in [0.3, 0.4) is 0 Å². The molecular weight excluding hydrogens is 498 g/mol. The van der Waals surface area contributed by atoms with Crippen molar-refractivity contribution in [2.24, 2.45) is 0 Å². The van der Waals surface area contributed by atoms with Crippen LogP contribution in [0.25, 0.3) is 17.3 Å². The van der Waals surface area contributed by atoms with Gasteiger partial charge in [0.2, 0.25) is 0 Å². The van der Waals surface area contributed by atoms with Gasteiger partial charge in [0.1, 0.15) is 10.7 Å². The number of rotatable bonds is 8. The predicted octanol–water partition coefficient (Wildman–Crippen LogP) is 3.69. The zero-order valence-corrected chi connectivity index (χ0v) is 22.1. The van der Waals surface area contributed by atoms with Gasteiger partial charge >= 0.3 is 0 Å². The summed E-state index contributed by atoms with van der Waals surface area (Å²) in [4.78, 5) is 26.9. The molecule has 1 N–H and O–H groups in total. The normalized spacial score (nSPS) is 12.8. The molecule has 4 rings (SSSR count). The first-order valence-electron chi connectivity index (χ1n) is 12.1. The molecule has 1 atom stereocenters. The lowest BCUT2D eigenvalue weighted by atomic mass is 10.1. The van der Waals surface area contributed by atoms with E-state index in [1.165, 1.54) is 4.57 Å². The fourth-order valence-corrected chi connectivity index (χ4v) is 5.05. The van der Waals surface area contributed by atoms with Gasteiger partial charge in [-0.25, -0.2) is 0 Å². The number of hydrogen-bond acceptors (Lipinski definition) is 6. The van der Waals surface area contributed by atoms with Crippen molar-refractivity contribution in [1.29, 1.82) is 5.26 Å². The molecule has 4 aromatic rings. The summed E-state index contributed by atoms with van der Waals surface area (Å²) in [6.07, 6.45) is 1.72. The third-order valence-electron chi connectivity index (χ3n) is 5.82. The van der Waals surface area contributed by atoms with Gasteiger partial charge in [-0.15, -0.1) is 11.3 Å². The van der Waals surface area contributed by atoms with E-state index in [2.05, 4.69) is 5.32 Å². The van der Waals surface area contributed by atoms with Crippen molar-refractivity contribution in [1.82, 2.24) is 9.88 Å². The molecule has 0 saturated carbocycles. The van der Waals surface area contributed by atoms with Gasteiger partial charge in [0.25, 0.3) is 11.5 Å². The van der Waals surface area contributed by atoms with Gasteiger partial charge in [0, 0.05) is 0 Å². The Morgan fingerprint density at radius 2 is 1.76 bits per heavy atom. The molecule has 0 aliphatic carbocycles. The lowest BCUT2D eigenvalue weighted by Crippen LogP contribution is -2.34. The summed E-state index contributed by atoms with van der Waals surface area (Å²) in [5.74, 6) is 0.591. The van der Waals surface area contributed by atoms with Gasteiger partial charge in [0.05, 0.1) is 30.0 Å². The highest BCUT2D eigenvalue weighted by Gasteiger charge is 2.19. The Morgan fingerprint density at radius 3 is 2.39 bits per heavy atom. The summed E-state index contributed by atoms with van der Waals surface area (Å²) in [5.41, 5.74) is 1.71. The van der Waals surface area contributed by atoms with Crippen LogP contribution in [0.1, 0.15) is 31.0 Å². The fraction of sp³-hybridized carbons (Fsp3) is 0.167. The lowest BCUT2D eigenvalue weighted by molar-refractivity contribution is -0.116. The van der Waals surface area contributed by atoms with Crippen LogP contribution in [-0.2, 0) is 4.79 Å². The summed E-state index contributed by atoms with van der Waals surface area (Å²) in [5, 5.41) is 12.9. The number of hydrogen-bond donors (Lipinski definition) is 1. The molecule has 0 spiro atoms. The summed E-state index contributed by atoms with van der Waals surface area (Å²) < 4.78 is 13.1. The number of carbonyl (C=O) groups excluding carboxylic acids is 1. The average molecular weight is 526 g/mol. The van der Waals surface area contributed by atoms with Crippen LogP contribution in [0.4, 0.5) is 0 Å². The molecule has 0 bridgehead atoms. The van der Waals surface area contributed by atoms with Crippen LogP contribution >= 0.6 is 11.3 Å². The number of carbonyl (C=O) groups is 1. The van der Waals surface area contributed by atoms with Crippen LogP contribution in [0, 0.1) is 11.3 Å². The molecule has 0 aliphatic rings. The zero-order valence-electron chi connectivity index (χ0n) is 21.3. The molecule has 0 saturated heterocycles. The highest BCUT2D eigenvalue weighted by atomic mass is 32.1. The third-order valence-corrected chi connectivity index (χ3v) is 6.92. The minimum atomic E-state index is -0.552. The molecule has 7 nitrogen and oxygen atoms in total. The number of aromatic nitrogens is 1. The van der Waals surface area contributed by atoms with Crippen LogP contribution in [0.2, 0.25) is 0 Å². The van der Waals surface area contributed by atoms with Crippen LogP contribution in [-0.4, -0.2) is 24.2 Å². The Bertz CT molecular complexity index is 1650. The Morgan fingerprint density at radius 1 is 1.08 bits per heavy atom. The summed E-state index contributed by atoms with van der Waals surface area (Å²) in [6, 6.07) is 25.5. The molecule has 1 amide bonds. The summed E-state index contributed by atoms with van der Waals surface area (Å²) >= 11 is 1.09. The number of para-hydroxylation sites is 1. The standard InChI is InChI=1S/C30H27N3O4S/c1-4-37-25-16-15-21(17-26(25)36-3)18-27-29(35)33(23-13-9-6-10-14-23)30(38-27)24(19-31)28(34)32-20(2)22-11-7-5-8-12-22/h5-18,20H,4H2,1-3H3,(H,32,34)/b27-18+,30-24+/t20-/m0/s1. The van der Waals surface area contributed by atoms with E-state index < -0.39 is 5.91 Å². The molecule has 1 aromatic heterocycles. The fourth-order valence-electron chi connectivity index (χ4n) is 3.95. The molecule has 3 aromatic carbocycles. The van der Waals surface area contributed by atoms with Crippen molar-refractivity contribution in [3.63, 3.8) is 0 Å². The van der Waals surface area contributed by atoms with E-state index in [4.69, 9.17) is 9.47 Å². The molecule has 0 unspecified atom stereocenters. The minimum absolute atomic E-state index is 0.136. The number of nitriles is 1. The van der Waals surface area contributed by atoms with E-state index in [1.807, 2.05) is 62.4 Å². The van der Waals surface area contributed by atoms with Crippen molar-refractivity contribution >= 4 is 28.9 Å². The first kappa shape index (κ1) is 26.5. The van der Waals surface area contributed by atoms with Gasteiger partial charge in [-0.05, 0) is 55.3 Å². The Kier molecular flexibility index (Phi) is 8.41. The molecule has 192 valence electrons. The molecule has 8 heteroatoms. The third kappa shape index (κ3) is 5.69.